The molecule has 2 bridgehead atoms. The van der Waals surface area contributed by atoms with Crippen molar-refractivity contribution < 1.29 is 18.0 Å². The lowest BCUT2D eigenvalue weighted by molar-refractivity contribution is 0.0953. The molecule has 0 radical (unpaired) electrons. The summed E-state index contributed by atoms with van der Waals surface area (Å²) in [7, 11) is -0.769. The van der Waals surface area contributed by atoms with Gasteiger partial charge in [-0.2, -0.15) is 0 Å². The van der Waals surface area contributed by atoms with Crippen LogP contribution in [0.4, 0.5) is 5.95 Å². The molecule has 4 rings (SSSR count). The first kappa shape index (κ1) is 22.9. The second-order valence-corrected chi connectivity index (χ2v) is 10.5. The standard InChI is InChI=1S/C23H27N5O4S/c1-15-8-4-5-13-24-21(29)16-9-6-10-17(14-16)22(30)26-23-25-18-11-7-12-19(20(18)28(15)23)33(31,32)27(2)3/h6-7,9-12,14-15H,4-5,8,13H2,1-3H3,(H,24,29)(H,25,26,30)/t15-/m1/s1. The second-order valence-electron chi connectivity index (χ2n) is 8.35. The summed E-state index contributed by atoms with van der Waals surface area (Å²) >= 11 is 0. The van der Waals surface area contributed by atoms with Crippen LogP contribution in [0.15, 0.2) is 47.4 Å². The molecule has 1 aromatic heterocycles. The molecule has 33 heavy (non-hydrogen) atoms. The van der Waals surface area contributed by atoms with E-state index in [4.69, 9.17) is 0 Å². The molecule has 1 atom stereocenters. The lowest BCUT2D eigenvalue weighted by Gasteiger charge is -2.20. The number of nitrogens with zero attached hydrogens (tertiary/aromatic N) is 3. The van der Waals surface area contributed by atoms with Gasteiger partial charge >= 0.3 is 0 Å². The molecule has 9 nitrogen and oxygen atoms in total. The summed E-state index contributed by atoms with van der Waals surface area (Å²) in [6.07, 6.45) is 2.29. The van der Waals surface area contributed by atoms with Crippen LogP contribution in [-0.2, 0) is 10.0 Å². The quantitative estimate of drug-likeness (QED) is 0.599. The number of aromatic nitrogens is 2. The van der Waals surface area contributed by atoms with Gasteiger partial charge in [0.05, 0.1) is 11.0 Å². The molecule has 0 spiro atoms. The van der Waals surface area contributed by atoms with Crippen LogP contribution in [0.5, 0.6) is 0 Å². The van der Waals surface area contributed by atoms with E-state index >= 15 is 0 Å². The Morgan fingerprint density at radius 2 is 1.73 bits per heavy atom. The summed E-state index contributed by atoms with van der Waals surface area (Å²) in [4.78, 5) is 30.2. The maximum Gasteiger partial charge on any atom is 0.257 e. The summed E-state index contributed by atoms with van der Waals surface area (Å²) in [6.45, 7) is 2.49. The average molecular weight is 470 g/mol. The predicted octanol–water partition coefficient (Wildman–Crippen LogP) is 3.01. The predicted molar refractivity (Wildman–Crippen MR) is 126 cm³/mol. The Balaban J connectivity index is 1.90. The van der Waals surface area contributed by atoms with Crippen LogP contribution in [-0.4, -0.2) is 54.7 Å². The van der Waals surface area contributed by atoms with Crippen LogP contribution in [0.2, 0.25) is 0 Å². The van der Waals surface area contributed by atoms with Crippen molar-refractivity contribution in [3.63, 3.8) is 0 Å². The Labute approximate surface area is 192 Å². The SMILES string of the molecule is C[C@@H]1CCCCNC(=O)c2cccc(c2)C(=O)Nc2nc3cccc(S(=O)(=O)N(C)C)c3n21. The van der Waals surface area contributed by atoms with Gasteiger partial charge in [0.1, 0.15) is 4.90 Å². The van der Waals surface area contributed by atoms with Crippen LogP contribution in [0.3, 0.4) is 0 Å². The van der Waals surface area contributed by atoms with E-state index in [2.05, 4.69) is 15.6 Å². The third kappa shape index (κ3) is 4.36. The van der Waals surface area contributed by atoms with E-state index in [1.807, 2.05) is 6.92 Å². The highest BCUT2D eigenvalue weighted by atomic mass is 32.2. The summed E-state index contributed by atoms with van der Waals surface area (Å²) in [6, 6.07) is 11.3. The van der Waals surface area contributed by atoms with E-state index in [1.54, 1.807) is 41.0 Å². The number of hydrogen-bond donors (Lipinski definition) is 2. The number of carbonyl (C=O) groups is 2. The zero-order valence-electron chi connectivity index (χ0n) is 18.8. The third-order valence-electron chi connectivity index (χ3n) is 5.82. The molecule has 3 aromatic rings. The number of imidazole rings is 1. The van der Waals surface area contributed by atoms with E-state index in [0.29, 0.717) is 35.1 Å². The number of sulfonamides is 1. The highest BCUT2D eigenvalue weighted by Crippen LogP contribution is 2.33. The fraction of sp³-hybridized carbons (Fsp3) is 0.348. The largest absolute Gasteiger partial charge is 0.352 e. The van der Waals surface area contributed by atoms with Gasteiger partial charge in [0.15, 0.2) is 0 Å². The van der Waals surface area contributed by atoms with Gasteiger partial charge in [-0.15, -0.1) is 0 Å². The number of para-hydroxylation sites is 1. The molecule has 1 aliphatic rings. The van der Waals surface area contributed by atoms with Crippen LogP contribution in [0, 0.1) is 0 Å². The molecule has 0 saturated heterocycles. The number of carbonyl (C=O) groups excluding carboxylic acids is 2. The second kappa shape index (κ2) is 8.95. The normalized spacial score (nSPS) is 17.9. The van der Waals surface area contributed by atoms with Crippen molar-refractivity contribution >= 4 is 38.8 Å². The van der Waals surface area contributed by atoms with E-state index in [-0.39, 0.29) is 22.8 Å². The minimum Gasteiger partial charge on any atom is -0.352 e. The monoisotopic (exact) mass is 469 g/mol. The first-order chi connectivity index (χ1) is 15.7. The van der Waals surface area contributed by atoms with Gasteiger partial charge in [0.2, 0.25) is 16.0 Å². The van der Waals surface area contributed by atoms with Crippen molar-refractivity contribution in [1.82, 2.24) is 19.2 Å². The van der Waals surface area contributed by atoms with Crippen molar-refractivity contribution in [2.45, 2.75) is 37.1 Å². The number of benzene rings is 2. The van der Waals surface area contributed by atoms with E-state index in [1.165, 1.54) is 24.5 Å². The van der Waals surface area contributed by atoms with Crippen molar-refractivity contribution in [2.24, 2.45) is 0 Å². The van der Waals surface area contributed by atoms with Crippen LogP contribution in [0.1, 0.15) is 52.9 Å². The molecule has 0 saturated carbocycles. The molecule has 0 unspecified atom stereocenters. The third-order valence-corrected chi connectivity index (χ3v) is 7.67. The van der Waals surface area contributed by atoms with Crippen molar-refractivity contribution in [3.8, 4) is 0 Å². The van der Waals surface area contributed by atoms with Gasteiger partial charge in [0, 0.05) is 37.8 Å². The lowest BCUT2D eigenvalue weighted by atomic mass is 10.1. The van der Waals surface area contributed by atoms with Crippen molar-refractivity contribution in [2.75, 3.05) is 26.0 Å². The Hall–Kier alpha value is -3.24. The molecule has 0 aliphatic carbocycles. The molecule has 1 aliphatic heterocycles. The van der Waals surface area contributed by atoms with Crippen LogP contribution in [0.25, 0.3) is 11.0 Å². The number of amides is 2. The Morgan fingerprint density at radius 3 is 2.45 bits per heavy atom. The molecule has 0 fully saturated rings. The fourth-order valence-electron chi connectivity index (χ4n) is 4.01. The number of nitrogens with one attached hydrogen (secondary N) is 2. The van der Waals surface area contributed by atoms with Gasteiger partial charge in [-0.1, -0.05) is 12.1 Å². The van der Waals surface area contributed by atoms with E-state index in [0.717, 1.165) is 12.8 Å². The number of fused-ring (bicyclic) bond motifs is 5. The first-order valence-corrected chi connectivity index (χ1v) is 12.3. The Morgan fingerprint density at radius 1 is 1.03 bits per heavy atom. The Kier molecular flexibility index (Phi) is 6.22. The summed E-state index contributed by atoms with van der Waals surface area (Å²) in [5.41, 5.74) is 1.66. The van der Waals surface area contributed by atoms with Crippen molar-refractivity contribution in [1.29, 1.82) is 0 Å². The van der Waals surface area contributed by atoms with Gasteiger partial charge in [-0.3, -0.25) is 14.9 Å². The van der Waals surface area contributed by atoms with E-state index in [9.17, 15) is 18.0 Å². The fourth-order valence-corrected chi connectivity index (χ4v) is 5.10. The maximum absolute atomic E-state index is 13.1. The van der Waals surface area contributed by atoms with Gasteiger partial charge in [0.25, 0.3) is 11.8 Å². The van der Waals surface area contributed by atoms with Gasteiger partial charge in [-0.25, -0.2) is 17.7 Å². The Bertz CT molecular complexity index is 1330. The molecule has 2 amide bonds. The molecule has 2 heterocycles. The highest BCUT2D eigenvalue weighted by molar-refractivity contribution is 7.89. The zero-order chi connectivity index (χ0) is 23.8. The first-order valence-electron chi connectivity index (χ1n) is 10.8. The van der Waals surface area contributed by atoms with E-state index < -0.39 is 15.9 Å². The number of hydrogen-bond acceptors (Lipinski definition) is 5. The summed E-state index contributed by atoms with van der Waals surface area (Å²) in [5, 5.41) is 5.72. The van der Waals surface area contributed by atoms with Crippen LogP contribution < -0.4 is 10.6 Å². The highest BCUT2D eigenvalue weighted by Gasteiger charge is 2.27. The number of rotatable bonds is 2. The molecule has 2 aromatic carbocycles. The lowest BCUT2D eigenvalue weighted by Crippen LogP contribution is -2.26. The van der Waals surface area contributed by atoms with Crippen molar-refractivity contribution in [3.05, 3.63) is 53.6 Å². The summed E-state index contributed by atoms with van der Waals surface area (Å²) < 4.78 is 29.1. The molecule has 174 valence electrons. The number of anilines is 1. The topological polar surface area (TPSA) is 113 Å². The molecule has 2 N–H and O–H groups in total. The average Bonchev–Trinajstić information content (AvgIpc) is 3.15. The van der Waals surface area contributed by atoms with Gasteiger partial charge in [-0.05, 0) is 56.5 Å². The molecule has 10 heteroatoms. The molecular formula is C23H27N5O4S. The zero-order valence-corrected chi connectivity index (χ0v) is 19.6. The van der Waals surface area contributed by atoms with Gasteiger partial charge < -0.3 is 9.88 Å². The molecular weight excluding hydrogens is 442 g/mol. The smallest absolute Gasteiger partial charge is 0.257 e. The summed E-state index contributed by atoms with van der Waals surface area (Å²) in [5.74, 6) is -0.376. The maximum atomic E-state index is 13.1. The minimum absolute atomic E-state index is 0.139. The van der Waals surface area contributed by atoms with Crippen LogP contribution >= 0.6 is 0 Å². The minimum atomic E-state index is -3.74.